The number of rotatable bonds is 3. The van der Waals surface area contributed by atoms with Gasteiger partial charge >= 0.3 is 0 Å². The molecule has 1 heteroatoms. The highest BCUT2D eigenvalue weighted by Gasteiger charge is 2.22. The van der Waals surface area contributed by atoms with Crippen molar-refractivity contribution in [1.82, 2.24) is 4.90 Å². The molecule has 0 aromatic heterocycles. The number of piperidine rings is 1. The molecule has 0 aliphatic carbocycles. The summed E-state index contributed by atoms with van der Waals surface area (Å²) in [5, 5.41) is 0. The summed E-state index contributed by atoms with van der Waals surface area (Å²) >= 11 is 0. The summed E-state index contributed by atoms with van der Waals surface area (Å²) in [5.74, 6) is 1.81. The van der Waals surface area contributed by atoms with Crippen LogP contribution in [0.15, 0.2) is 0 Å². The Morgan fingerprint density at radius 3 is 2.23 bits per heavy atom. The largest absolute Gasteiger partial charge is 0.300 e. The molecular formula is C12H25N. The average Bonchev–Trinajstić information content (AvgIpc) is 2.17. The van der Waals surface area contributed by atoms with Crippen LogP contribution in [0.3, 0.4) is 0 Å². The lowest BCUT2D eigenvalue weighted by atomic mass is 9.93. The lowest BCUT2D eigenvalue weighted by molar-refractivity contribution is 0.112. The van der Waals surface area contributed by atoms with Gasteiger partial charge in [-0.05, 0) is 44.7 Å². The highest BCUT2D eigenvalue weighted by atomic mass is 15.2. The van der Waals surface area contributed by atoms with E-state index >= 15 is 0 Å². The zero-order valence-corrected chi connectivity index (χ0v) is 9.71. The number of hydrogen-bond donors (Lipinski definition) is 0. The summed E-state index contributed by atoms with van der Waals surface area (Å²) in [7, 11) is 0. The maximum absolute atomic E-state index is 2.67. The number of hydrogen-bond acceptors (Lipinski definition) is 1. The van der Waals surface area contributed by atoms with Gasteiger partial charge in [-0.25, -0.2) is 0 Å². The van der Waals surface area contributed by atoms with Crippen LogP contribution in [0.2, 0.25) is 0 Å². The van der Waals surface area contributed by atoms with Gasteiger partial charge < -0.3 is 4.90 Å². The van der Waals surface area contributed by atoms with Gasteiger partial charge in [0.25, 0.3) is 0 Å². The first-order valence-electron chi connectivity index (χ1n) is 5.89. The Kier molecular flexibility index (Phi) is 4.24. The first-order valence-corrected chi connectivity index (χ1v) is 5.89. The van der Waals surface area contributed by atoms with Crippen molar-refractivity contribution in [2.75, 3.05) is 13.1 Å². The zero-order valence-electron chi connectivity index (χ0n) is 9.71. The molecule has 0 amide bonds. The summed E-state index contributed by atoms with van der Waals surface area (Å²) in [6.45, 7) is 12.1. The van der Waals surface area contributed by atoms with Gasteiger partial charge in [-0.3, -0.25) is 0 Å². The molecule has 1 rings (SSSR count). The molecule has 78 valence electrons. The molecule has 1 aliphatic heterocycles. The van der Waals surface area contributed by atoms with Crippen LogP contribution in [-0.2, 0) is 0 Å². The van der Waals surface area contributed by atoms with Crippen LogP contribution in [-0.4, -0.2) is 24.0 Å². The van der Waals surface area contributed by atoms with Crippen molar-refractivity contribution in [2.24, 2.45) is 11.8 Å². The highest BCUT2D eigenvalue weighted by Crippen LogP contribution is 2.22. The van der Waals surface area contributed by atoms with Gasteiger partial charge in [0, 0.05) is 6.04 Å². The van der Waals surface area contributed by atoms with E-state index in [0.29, 0.717) is 0 Å². The SMILES string of the molecule is CCC(C)C(C)N1CCC(C)CC1. The predicted octanol–water partition coefficient (Wildman–Crippen LogP) is 3.15. The Morgan fingerprint density at radius 1 is 1.23 bits per heavy atom. The Balaban J connectivity index is 2.35. The zero-order chi connectivity index (χ0) is 9.84. The second-order valence-corrected chi connectivity index (χ2v) is 4.84. The lowest BCUT2D eigenvalue weighted by Gasteiger charge is -2.37. The third kappa shape index (κ3) is 2.98. The molecule has 1 aliphatic rings. The Bertz CT molecular complexity index is 136. The molecule has 0 spiro atoms. The van der Waals surface area contributed by atoms with Gasteiger partial charge in [0.1, 0.15) is 0 Å². The standard InChI is InChI=1S/C12H25N/c1-5-11(3)12(4)13-8-6-10(2)7-9-13/h10-12H,5-9H2,1-4H3. The quantitative estimate of drug-likeness (QED) is 0.649. The molecule has 0 radical (unpaired) electrons. The first-order chi connectivity index (χ1) is 6.15. The first kappa shape index (κ1) is 11.0. The van der Waals surface area contributed by atoms with Crippen molar-refractivity contribution in [2.45, 2.75) is 53.0 Å². The van der Waals surface area contributed by atoms with Crippen LogP contribution in [0, 0.1) is 11.8 Å². The molecule has 0 bridgehead atoms. The third-order valence-corrected chi connectivity index (χ3v) is 3.86. The molecule has 0 saturated carbocycles. The monoisotopic (exact) mass is 183 g/mol. The fourth-order valence-electron chi connectivity index (χ4n) is 2.14. The fourth-order valence-corrected chi connectivity index (χ4v) is 2.14. The number of likely N-dealkylation sites (tertiary alicyclic amines) is 1. The van der Waals surface area contributed by atoms with E-state index in [-0.39, 0.29) is 0 Å². The summed E-state index contributed by atoms with van der Waals surface area (Å²) < 4.78 is 0. The summed E-state index contributed by atoms with van der Waals surface area (Å²) in [4.78, 5) is 2.67. The minimum absolute atomic E-state index is 0.789. The Hall–Kier alpha value is -0.0400. The van der Waals surface area contributed by atoms with Gasteiger partial charge in [0.05, 0.1) is 0 Å². The van der Waals surface area contributed by atoms with E-state index in [1.54, 1.807) is 0 Å². The highest BCUT2D eigenvalue weighted by molar-refractivity contribution is 4.77. The normalized spacial score (nSPS) is 25.8. The van der Waals surface area contributed by atoms with E-state index in [2.05, 4.69) is 32.6 Å². The average molecular weight is 183 g/mol. The van der Waals surface area contributed by atoms with E-state index in [0.717, 1.165) is 17.9 Å². The van der Waals surface area contributed by atoms with Crippen LogP contribution in [0.5, 0.6) is 0 Å². The Morgan fingerprint density at radius 2 is 1.77 bits per heavy atom. The van der Waals surface area contributed by atoms with Crippen LogP contribution in [0.1, 0.15) is 47.0 Å². The van der Waals surface area contributed by atoms with E-state index in [4.69, 9.17) is 0 Å². The van der Waals surface area contributed by atoms with E-state index < -0.39 is 0 Å². The van der Waals surface area contributed by atoms with Crippen molar-refractivity contribution in [3.8, 4) is 0 Å². The molecule has 1 nitrogen and oxygen atoms in total. The van der Waals surface area contributed by atoms with Crippen LogP contribution >= 0.6 is 0 Å². The lowest BCUT2D eigenvalue weighted by Crippen LogP contribution is -2.42. The maximum Gasteiger partial charge on any atom is 0.00924 e. The second kappa shape index (κ2) is 4.99. The second-order valence-electron chi connectivity index (χ2n) is 4.84. The van der Waals surface area contributed by atoms with Gasteiger partial charge in [0.15, 0.2) is 0 Å². The van der Waals surface area contributed by atoms with E-state index in [9.17, 15) is 0 Å². The van der Waals surface area contributed by atoms with Gasteiger partial charge in [-0.15, -0.1) is 0 Å². The number of nitrogens with zero attached hydrogens (tertiary/aromatic N) is 1. The molecule has 2 atom stereocenters. The summed E-state index contributed by atoms with van der Waals surface area (Å²) in [6, 6.07) is 0.789. The summed E-state index contributed by atoms with van der Waals surface area (Å²) in [6.07, 6.45) is 4.12. The molecule has 1 heterocycles. The van der Waals surface area contributed by atoms with Crippen LogP contribution in [0.4, 0.5) is 0 Å². The van der Waals surface area contributed by atoms with Crippen molar-refractivity contribution in [3.05, 3.63) is 0 Å². The van der Waals surface area contributed by atoms with Gasteiger partial charge in [0.2, 0.25) is 0 Å². The van der Waals surface area contributed by atoms with Gasteiger partial charge in [-0.2, -0.15) is 0 Å². The smallest absolute Gasteiger partial charge is 0.00924 e. The Labute approximate surface area is 83.5 Å². The fraction of sp³-hybridized carbons (Fsp3) is 1.00. The topological polar surface area (TPSA) is 3.24 Å². The molecule has 1 saturated heterocycles. The molecule has 2 unspecified atom stereocenters. The van der Waals surface area contributed by atoms with E-state index in [1.165, 1.54) is 32.4 Å². The van der Waals surface area contributed by atoms with Crippen LogP contribution in [0.25, 0.3) is 0 Å². The van der Waals surface area contributed by atoms with Crippen molar-refractivity contribution < 1.29 is 0 Å². The van der Waals surface area contributed by atoms with Gasteiger partial charge in [-0.1, -0.05) is 27.2 Å². The third-order valence-electron chi connectivity index (χ3n) is 3.86. The maximum atomic E-state index is 2.67. The molecule has 0 aromatic rings. The minimum Gasteiger partial charge on any atom is -0.300 e. The summed E-state index contributed by atoms with van der Waals surface area (Å²) in [5.41, 5.74) is 0. The van der Waals surface area contributed by atoms with Crippen molar-refractivity contribution in [1.29, 1.82) is 0 Å². The molecule has 13 heavy (non-hydrogen) atoms. The van der Waals surface area contributed by atoms with Crippen LogP contribution < -0.4 is 0 Å². The predicted molar refractivity (Wildman–Crippen MR) is 58.9 cm³/mol. The van der Waals surface area contributed by atoms with Crippen molar-refractivity contribution in [3.63, 3.8) is 0 Å². The van der Waals surface area contributed by atoms with Crippen molar-refractivity contribution >= 4 is 0 Å². The van der Waals surface area contributed by atoms with E-state index in [1.807, 2.05) is 0 Å². The molecule has 0 aromatic carbocycles. The minimum atomic E-state index is 0.789. The molecule has 1 fully saturated rings. The molecular weight excluding hydrogens is 158 g/mol. The molecule has 0 N–H and O–H groups in total.